The molecule has 3 aromatic rings. The molecular formula is C31H50N8O. The number of benzene rings is 1. The Bertz CT molecular complexity index is 1020. The first-order valence-corrected chi connectivity index (χ1v) is 15.0. The third kappa shape index (κ3) is 9.87. The lowest BCUT2D eigenvalue weighted by molar-refractivity contribution is -0.121. The summed E-state index contributed by atoms with van der Waals surface area (Å²) >= 11 is 0. The number of nitrogens with zero attached hydrogens (tertiary/aromatic N) is 4. The smallest absolute Gasteiger partial charge is 0.221 e. The molecule has 1 amide bonds. The third-order valence-corrected chi connectivity index (χ3v) is 7.59. The average molecular weight is 551 g/mol. The van der Waals surface area contributed by atoms with Crippen LogP contribution in [0.4, 0.5) is 0 Å². The number of carbonyl (C=O) groups excluding carboxylic acids is 1. The molecule has 2 aromatic heterocycles. The van der Waals surface area contributed by atoms with Crippen molar-refractivity contribution in [3.05, 3.63) is 71.8 Å². The van der Waals surface area contributed by atoms with Gasteiger partial charge in [-0.1, -0.05) is 51.0 Å². The molecule has 220 valence electrons. The molecule has 0 aliphatic rings. The molecular weight excluding hydrogens is 500 g/mol. The summed E-state index contributed by atoms with van der Waals surface area (Å²) in [4.78, 5) is 32.6. The zero-order valence-corrected chi connectivity index (χ0v) is 24.8. The van der Waals surface area contributed by atoms with Gasteiger partial charge in [-0.25, -0.2) is 9.97 Å². The Morgan fingerprint density at radius 3 is 1.93 bits per heavy atom. The molecule has 0 fully saturated rings. The lowest BCUT2D eigenvalue weighted by atomic mass is 9.81. The van der Waals surface area contributed by atoms with E-state index in [1.807, 2.05) is 19.3 Å². The standard InChI is InChI=1S/C31H50N8O/c1-4-13-31(14-5-2,15-7-16-32)39(21-12-30(40)33-6-3)23-27-10-8-26(9-11-27)22-38(24-28-34-17-18-35-28)25-29-36-19-20-37-29/h8-11,17-20H,4-7,12-16,21-25,32H2,1-3H3,(H,33,40)(H,34,35)(H,36,37). The second-order valence-electron chi connectivity index (χ2n) is 10.8. The summed E-state index contributed by atoms with van der Waals surface area (Å²) in [6, 6.07) is 8.96. The Balaban J connectivity index is 1.77. The number of amides is 1. The van der Waals surface area contributed by atoms with Crippen molar-refractivity contribution in [2.45, 2.75) is 97.4 Å². The zero-order chi connectivity index (χ0) is 28.6. The van der Waals surface area contributed by atoms with Crippen LogP contribution in [0.5, 0.6) is 0 Å². The van der Waals surface area contributed by atoms with Gasteiger partial charge in [0.05, 0.1) is 13.1 Å². The van der Waals surface area contributed by atoms with Gasteiger partial charge in [0.2, 0.25) is 5.91 Å². The van der Waals surface area contributed by atoms with Crippen LogP contribution in [0.3, 0.4) is 0 Å². The number of nitrogens with one attached hydrogen (secondary N) is 3. The van der Waals surface area contributed by atoms with Crippen LogP contribution in [0.15, 0.2) is 49.1 Å². The molecule has 0 saturated carbocycles. The van der Waals surface area contributed by atoms with Gasteiger partial charge in [0.1, 0.15) is 11.6 Å². The first-order chi connectivity index (χ1) is 19.5. The van der Waals surface area contributed by atoms with Crippen molar-refractivity contribution in [1.82, 2.24) is 35.1 Å². The quantitative estimate of drug-likeness (QED) is 0.161. The number of imidazole rings is 2. The predicted octanol–water partition coefficient (Wildman–Crippen LogP) is 4.74. The summed E-state index contributed by atoms with van der Waals surface area (Å²) in [6.45, 7) is 11.6. The molecule has 0 atom stereocenters. The normalized spacial score (nSPS) is 11.9. The fraction of sp³-hybridized carbons (Fsp3) is 0.581. The molecule has 0 aliphatic heterocycles. The molecule has 1 aromatic carbocycles. The fourth-order valence-electron chi connectivity index (χ4n) is 5.81. The molecule has 0 radical (unpaired) electrons. The highest BCUT2D eigenvalue weighted by atomic mass is 16.1. The number of hydrogen-bond acceptors (Lipinski definition) is 6. The molecule has 0 bridgehead atoms. The van der Waals surface area contributed by atoms with Crippen molar-refractivity contribution in [3.8, 4) is 0 Å². The molecule has 40 heavy (non-hydrogen) atoms. The molecule has 0 unspecified atom stereocenters. The Morgan fingerprint density at radius 1 is 0.875 bits per heavy atom. The summed E-state index contributed by atoms with van der Waals surface area (Å²) in [5.41, 5.74) is 8.55. The highest BCUT2D eigenvalue weighted by Gasteiger charge is 2.34. The first-order valence-electron chi connectivity index (χ1n) is 15.0. The maximum atomic E-state index is 12.5. The van der Waals surface area contributed by atoms with E-state index in [1.165, 1.54) is 11.1 Å². The summed E-state index contributed by atoms with van der Waals surface area (Å²) in [7, 11) is 0. The highest BCUT2D eigenvalue weighted by molar-refractivity contribution is 5.75. The molecule has 2 heterocycles. The van der Waals surface area contributed by atoms with E-state index in [9.17, 15) is 4.79 Å². The van der Waals surface area contributed by atoms with Gasteiger partial charge in [-0.15, -0.1) is 0 Å². The number of aromatic nitrogens is 4. The Morgan fingerprint density at radius 2 is 1.45 bits per heavy atom. The van der Waals surface area contributed by atoms with Crippen LogP contribution in [-0.4, -0.2) is 60.8 Å². The van der Waals surface area contributed by atoms with Gasteiger partial charge >= 0.3 is 0 Å². The summed E-state index contributed by atoms with van der Waals surface area (Å²) in [5, 5.41) is 2.98. The van der Waals surface area contributed by atoms with Gasteiger partial charge in [-0.05, 0) is 50.3 Å². The van der Waals surface area contributed by atoms with Crippen molar-refractivity contribution in [1.29, 1.82) is 0 Å². The van der Waals surface area contributed by atoms with E-state index in [4.69, 9.17) is 5.73 Å². The van der Waals surface area contributed by atoms with Gasteiger partial charge in [-0.2, -0.15) is 0 Å². The Kier molecular flexibility index (Phi) is 13.4. The summed E-state index contributed by atoms with van der Waals surface area (Å²) < 4.78 is 0. The first kappa shape index (κ1) is 31.5. The predicted molar refractivity (Wildman–Crippen MR) is 161 cm³/mol. The fourth-order valence-corrected chi connectivity index (χ4v) is 5.81. The maximum absolute atomic E-state index is 12.5. The van der Waals surface area contributed by atoms with E-state index in [-0.39, 0.29) is 11.4 Å². The van der Waals surface area contributed by atoms with Gasteiger partial charge in [0.25, 0.3) is 0 Å². The second kappa shape index (κ2) is 16.9. The minimum atomic E-state index is 0.0525. The van der Waals surface area contributed by atoms with Crippen molar-refractivity contribution in [2.75, 3.05) is 19.6 Å². The summed E-state index contributed by atoms with van der Waals surface area (Å²) in [5.74, 6) is 2.00. The van der Waals surface area contributed by atoms with E-state index >= 15 is 0 Å². The van der Waals surface area contributed by atoms with Crippen molar-refractivity contribution in [2.24, 2.45) is 5.73 Å². The van der Waals surface area contributed by atoms with Gasteiger partial charge in [0.15, 0.2) is 0 Å². The van der Waals surface area contributed by atoms with Crippen LogP contribution in [0.1, 0.15) is 88.5 Å². The Labute approximate surface area is 240 Å². The zero-order valence-electron chi connectivity index (χ0n) is 24.8. The minimum absolute atomic E-state index is 0.0525. The van der Waals surface area contributed by atoms with Gasteiger partial charge in [-0.3, -0.25) is 14.6 Å². The lowest BCUT2D eigenvalue weighted by Crippen LogP contribution is -2.49. The molecule has 9 heteroatoms. The molecule has 5 N–H and O–H groups in total. The van der Waals surface area contributed by atoms with Gasteiger partial charge in [0, 0.05) is 62.9 Å². The van der Waals surface area contributed by atoms with Crippen molar-refractivity contribution < 1.29 is 4.79 Å². The van der Waals surface area contributed by atoms with Crippen LogP contribution in [0.25, 0.3) is 0 Å². The lowest BCUT2D eigenvalue weighted by Gasteiger charge is -2.45. The third-order valence-electron chi connectivity index (χ3n) is 7.59. The summed E-state index contributed by atoms with van der Waals surface area (Å²) in [6.07, 6.45) is 14.3. The molecule has 0 aliphatic carbocycles. The number of nitrogens with two attached hydrogens (primary N) is 1. The van der Waals surface area contributed by atoms with E-state index in [1.54, 1.807) is 12.4 Å². The van der Waals surface area contributed by atoms with E-state index in [2.05, 4.69) is 73.2 Å². The number of aromatic amines is 2. The average Bonchev–Trinajstić information content (AvgIpc) is 3.66. The van der Waals surface area contributed by atoms with E-state index < -0.39 is 0 Å². The van der Waals surface area contributed by atoms with Crippen molar-refractivity contribution >= 4 is 5.91 Å². The minimum Gasteiger partial charge on any atom is -0.356 e. The topological polar surface area (TPSA) is 119 Å². The SMILES string of the molecule is CCCC(CCC)(CCCN)N(CCC(=O)NCC)Cc1ccc(CN(Cc2ncc[nH]2)Cc2ncc[nH]2)cc1. The highest BCUT2D eigenvalue weighted by Crippen LogP contribution is 2.34. The van der Waals surface area contributed by atoms with Crippen LogP contribution in [0, 0.1) is 0 Å². The number of hydrogen-bond donors (Lipinski definition) is 4. The molecule has 3 rings (SSSR count). The largest absolute Gasteiger partial charge is 0.356 e. The molecule has 9 nitrogen and oxygen atoms in total. The van der Waals surface area contributed by atoms with Crippen molar-refractivity contribution in [3.63, 3.8) is 0 Å². The molecule has 0 spiro atoms. The maximum Gasteiger partial charge on any atom is 0.221 e. The number of H-pyrrole nitrogens is 2. The Hall–Kier alpha value is -3.01. The second-order valence-corrected chi connectivity index (χ2v) is 10.8. The monoisotopic (exact) mass is 550 g/mol. The van der Waals surface area contributed by atoms with E-state index in [0.29, 0.717) is 32.6 Å². The van der Waals surface area contributed by atoms with Crippen LogP contribution in [0.2, 0.25) is 0 Å². The number of carbonyl (C=O) groups is 1. The van der Waals surface area contributed by atoms with Crippen LogP contribution >= 0.6 is 0 Å². The van der Waals surface area contributed by atoms with Crippen LogP contribution < -0.4 is 11.1 Å². The van der Waals surface area contributed by atoms with Crippen LogP contribution in [-0.2, 0) is 31.0 Å². The van der Waals surface area contributed by atoms with E-state index in [0.717, 1.165) is 69.8 Å². The van der Waals surface area contributed by atoms with Gasteiger partial charge < -0.3 is 21.0 Å². The number of rotatable bonds is 20. The molecule has 0 saturated heterocycles.